The second-order valence-electron chi connectivity index (χ2n) is 6.66. The smallest absolute Gasteiger partial charge is 0.123 e. The van der Waals surface area contributed by atoms with Crippen LogP contribution in [0.5, 0.6) is 0 Å². The quantitative estimate of drug-likeness (QED) is 0.866. The SMILES string of the molecule is Cc1cc(F)ccc1CC(O)c1ccc(C(C)(C)C)cc1. The summed E-state index contributed by atoms with van der Waals surface area (Å²) < 4.78 is 13.1. The molecule has 0 heterocycles. The summed E-state index contributed by atoms with van der Waals surface area (Å²) in [6.07, 6.45) is -0.0655. The van der Waals surface area contributed by atoms with Gasteiger partial charge in [-0.1, -0.05) is 51.1 Å². The van der Waals surface area contributed by atoms with Gasteiger partial charge in [0, 0.05) is 6.42 Å². The minimum atomic E-state index is -0.567. The molecule has 0 saturated carbocycles. The molecule has 0 aliphatic carbocycles. The van der Waals surface area contributed by atoms with Crippen LogP contribution in [0.2, 0.25) is 0 Å². The van der Waals surface area contributed by atoms with E-state index in [-0.39, 0.29) is 11.2 Å². The van der Waals surface area contributed by atoms with E-state index >= 15 is 0 Å². The average Bonchev–Trinajstić information content (AvgIpc) is 2.41. The fourth-order valence-electron chi connectivity index (χ4n) is 2.42. The van der Waals surface area contributed by atoms with Crippen LogP contribution in [-0.2, 0) is 11.8 Å². The van der Waals surface area contributed by atoms with E-state index in [0.717, 1.165) is 16.7 Å². The molecule has 0 aromatic heterocycles. The Bertz CT molecular complexity index is 608. The van der Waals surface area contributed by atoms with Crippen LogP contribution in [0.1, 0.15) is 49.1 Å². The predicted octanol–water partition coefficient (Wildman–Crippen LogP) is 4.71. The molecule has 0 fully saturated rings. The van der Waals surface area contributed by atoms with Gasteiger partial charge in [0.25, 0.3) is 0 Å². The highest BCUT2D eigenvalue weighted by Gasteiger charge is 2.15. The van der Waals surface area contributed by atoms with Crippen molar-refractivity contribution in [3.63, 3.8) is 0 Å². The summed E-state index contributed by atoms with van der Waals surface area (Å²) in [5.74, 6) is -0.236. The Hall–Kier alpha value is -1.67. The number of aliphatic hydroxyl groups is 1. The molecule has 0 radical (unpaired) electrons. The summed E-state index contributed by atoms with van der Waals surface area (Å²) in [6.45, 7) is 8.37. The van der Waals surface area contributed by atoms with E-state index in [9.17, 15) is 9.50 Å². The molecule has 2 aromatic carbocycles. The highest BCUT2D eigenvalue weighted by molar-refractivity contribution is 5.32. The largest absolute Gasteiger partial charge is 0.388 e. The van der Waals surface area contributed by atoms with Crippen molar-refractivity contribution < 1.29 is 9.50 Å². The zero-order valence-corrected chi connectivity index (χ0v) is 13.2. The number of hydrogen-bond acceptors (Lipinski definition) is 1. The lowest BCUT2D eigenvalue weighted by Gasteiger charge is -2.20. The molecular formula is C19H23FO. The molecule has 2 aromatic rings. The lowest BCUT2D eigenvalue weighted by molar-refractivity contribution is 0.178. The van der Waals surface area contributed by atoms with E-state index in [2.05, 4.69) is 32.9 Å². The summed E-state index contributed by atoms with van der Waals surface area (Å²) >= 11 is 0. The van der Waals surface area contributed by atoms with Gasteiger partial charge in [0.05, 0.1) is 6.10 Å². The van der Waals surface area contributed by atoms with Crippen LogP contribution in [0.3, 0.4) is 0 Å². The van der Waals surface area contributed by atoms with Crippen molar-refractivity contribution in [2.75, 3.05) is 0 Å². The van der Waals surface area contributed by atoms with Crippen LogP contribution in [0.15, 0.2) is 42.5 Å². The third kappa shape index (κ3) is 3.92. The molecule has 1 N–H and O–H groups in total. The zero-order valence-electron chi connectivity index (χ0n) is 13.2. The van der Waals surface area contributed by atoms with Crippen molar-refractivity contribution >= 4 is 0 Å². The van der Waals surface area contributed by atoms with Gasteiger partial charge in [-0.25, -0.2) is 4.39 Å². The molecule has 1 atom stereocenters. The molecule has 2 heteroatoms. The first-order chi connectivity index (χ1) is 9.77. The van der Waals surface area contributed by atoms with Gasteiger partial charge in [-0.2, -0.15) is 0 Å². The van der Waals surface area contributed by atoms with E-state index in [1.165, 1.54) is 17.7 Å². The number of aryl methyl sites for hydroxylation is 1. The monoisotopic (exact) mass is 286 g/mol. The topological polar surface area (TPSA) is 20.2 Å². The number of aliphatic hydroxyl groups excluding tert-OH is 1. The Morgan fingerprint density at radius 2 is 1.67 bits per heavy atom. The first-order valence-electron chi connectivity index (χ1n) is 7.31. The Morgan fingerprint density at radius 1 is 1.05 bits per heavy atom. The molecule has 0 aliphatic heterocycles. The Kier molecular flexibility index (Phi) is 4.48. The van der Waals surface area contributed by atoms with Crippen molar-refractivity contribution in [1.82, 2.24) is 0 Å². The van der Waals surface area contributed by atoms with Crippen LogP contribution in [0, 0.1) is 12.7 Å². The first-order valence-corrected chi connectivity index (χ1v) is 7.31. The molecule has 21 heavy (non-hydrogen) atoms. The van der Waals surface area contributed by atoms with Crippen LogP contribution in [0.25, 0.3) is 0 Å². The van der Waals surface area contributed by atoms with E-state index in [1.54, 1.807) is 6.07 Å². The molecule has 2 rings (SSSR count). The normalized spacial score (nSPS) is 13.2. The fourth-order valence-corrected chi connectivity index (χ4v) is 2.42. The summed E-state index contributed by atoms with van der Waals surface area (Å²) in [5.41, 5.74) is 4.10. The fraction of sp³-hybridized carbons (Fsp3) is 0.368. The molecule has 112 valence electrons. The van der Waals surface area contributed by atoms with Gasteiger partial charge in [0.2, 0.25) is 0 Å². The Morgan fingerprint density at radius 3 is 2.19 bits per heavy atom. The van der Waals surface area contributed by atoms with Crippen molar-refractivity contribution in [2.45, 2.75) is 45.6 Å². The van der Waals surface area contributed by atoms with E-state index in [1.807, 2.05) is 19.1 Å². The molecular weight excluding hydrogens is 263 g/mol. The number of hydrogen-bond donors (Lipinski definition) is 1. The molecule has 0 aliphatic rings. The predicted molar refractivity (Wildman–Crippen MR) is 84.9 cm³/mol. The lowest BCUT2D eigenvalue weighted by Crippen LogP contribution is -2.11. The van der Waals surface area contributed by atoms with Gasteiger partial charge in [-0.05, 0) is 46.7 Å². The molecule has 1 nitrogen and oxygen atoms in total. The average molecular weight is 286 g/mol. The second kappa shape index (κ2) is 5.98. The molecule has 0 bridgehead atoms. The summed E-state index contributed by atoms with van der Waals surface area (Å²) in [6, 6.07) is 12.8. The molecule has 0 amide bonds. The van der Waals surface area contributed by atoms with E-state index in [0.29, 0.717) is 6.42 Å². The van der Waals surface area contributed by atoms with E-state index < -0.39 is 6.10 Å². The highest BCUT2D eigenvalue weighted by Crippen LogP contribution is 2.26. The summed E-state index contributed by atoms with van der Waals surface area (Å²) in [5, 5.41) is 10.4. The second-order valence-corrected chi connectivity index (χ2v) is 6.66. The van der Waals surface area contributed by atoms with Gasteiger partial charge in [-0.15, -0.1) is 0 Å². The third-order valence-corrected chi connectivity index (χ3v) is 3.88. The van der Waals surface area contributed by atoms with Crippen molar-refractivity contribution in [3.05, 3.63) is 70.5 Å². The van der Waals surface area contributed by atoms with Crippen molar-refractivity contribution in [1.29, 1.82) is 0 Å². The van der Waals surface area contributed by atoms with Gasteiger partial charge in [0.15, 0.2) is 0 Å². The van der Waals surface area contributed by atoms with Crippen LogP contribution < -0.4 is 0 Å². The Labute approximate surface area is 126 Å². The van der Waals surface area contributed by atoms with Gasteiger partial charge >= 0.3 is 0 Å². The zero-order chi connectivity index (χ0) is 15.6. The maximum Gasteiger partial charge on any atom is 0.123 e. The lowest BCUT2D eigenvalue weighted by atomic mass is 9.86. The Balaban J connectivity index is 2.15. The van der Waals surface area contributed by atoms with Crippen molar-refractivity contribution in [3.8, 4) is 0 Å². The van der Waals surface area contributed by atoms with E-state index in [4.69, 9.17) is 0 Å². The maximum atomic E-state index is 13.1. The number of rotatable bonds is 3. The minimum absolute atomic E-state index is 0.108. The van der Waals surface area contributed by atoms with Gasteiger partial charge in [-0.3, -0.25) is 0 Å². The van der Waals surface area contributed by atoms with Gasteiger partial charge < -0.3 is 5.11 Å². The first kappa shape index (κ1) is 15.7. The van der Waals surface area contributed by atoms with Crippen LogP contribution in [0.4, 0.5) is 4.39 Å². The molecule has 0 spiro atoms. The van der Waals surface area contributed by atoms with Crippen LogP contribution in [-0.4, -0.2) is 5.11 Å². The highest BCUT2D eigenvalue weighted by atomic mass is 19.1. The minimum Gasteiger partial charge on any atom is -0.388 e. The van der Waals surface area contributed by atoms with Crippen molar-refractivity contribution in [2.24, 2.45) is 0 Å². The molecule has 1 unspecified atom stereocenters. The molecule has 0 saturated heterocycles. The van der Waals surface area contributed by atoms with Gasteiger partial charge in [0.1, 0.15) is 5.82 Å². The standard InChI is InChI=1S/C19H23FO/c1-13-11-17(20)10-7-15(13)12-18(21)14-5-8-16(9-6-14)19(2,3)4/h5-11,18,21H,12H2,1-4H3. The third-order valence-electron chi connectivity index (χ3n) is 3.88. The number of benzene rings is 2. The maximum absolute atomic E-state index is 13.1. The van der Waals surface area contributed by atoms with Crippen LogP contribution >= 0.6 is 0 Å². The summed E-state index contributed by atoms with van der Waals surface area (Å²) in [4.78, 5) is 0. The summed E-state index contributed by atoms with van der Waals surface area (Å²) in [7, 11) is 0. The number of halogens is 1.